The summed E-state index contributed by atoms with van der Waals surface area (Å²) in [5, 5.41) is 0.568. The summed E-state index contributed by atoms with van der Waals surface area (Å²) in [6.07, 6.45) is 1.81. The molecule has 1 unspecified atom stereocenters. The molecule has 2 amide bonds. The van der Waals surface area contributed by atoms with E-state index in [1.54, 1.807) is 40.5 Å². The van der Waals surface area contributed by atoms with Crippen LogP contribution < -0.4 is 0 Å². The highest BCUT2D eigenvalue weighted by Gasteiger charge is 2.27. The number of carbonyl (C=O) groups is 2. The van der Waals surface area contributed by atoms with Gasteiger partial charge in [0, 0.05) is 40.0 Å². The summed E-state index contributed by atoms with van der Waals surface area (Å²) >= 11 is 7.70. The number of hydrogen-bond donors (Lipinski definition) is 0. The Labute approximate surface area is 209 Å². The molecule has 0 aliphatic carbocycles. The van der Waals surface area contributed by atoms with Gasteiger partial charge in [-0.05, 0) is 61.7 Å². The zero-order chi connectivity index (χ0) is 23.9. The van der Waals surface area contributed by atoms with E-state index in [-0.39, 0.29) is 24.5 Å². The molecular formula is C27H29ClN2O3S. The van der Waals surface area contributed by atoms with Crippen molar-refractivity contribution in [1.29, 1.82) is 0 Å². The first-order valence-corrected chi connectivity index (χ1v) is 12.7. The second-order valence-corrected chi connectivity index (χ2v) is 10.4. The van der Waals surface area contributed by atoms with Crippen molar-refractivity contribution in [2.24, 2.45) is 0 Å². The number of carbonyl (C=O) groups excluding carboxylic acids is 2. The van der Waals surface area contributed by atoms with E-state index >= 15 is 0 Å². The zero-order valence-corrected chi connectivity index (χ0v) is 20.9. The van der Waals surface area contributed by atoms with Gasteiger partial charge in [-0.2, -0.15) is 0 Å². The standard InChI is InChI=1S/C27H29ClN2O3S/c1-20-9-14-25(34-20)18-29(16-21-6-3-2-4-7-21)26(31)19-30(17-24-8-5-15-33-24)27(32)22-10-12-23(28)13-11-22/h2-4,6-7,9-14,24H,5,8,15-19H2,1H3. The molecule has 0 N–H and O–H groups in total. The van der Waals surface area contributed by atoms with Crippen LogP contribution in [-0.4, -0.2) is 47.4 Å². The fourth-order valence-corrected chi connectivity index (χ4v) is 5.12. The second kappa shape index (κ2) is 11.6. The lowest BCUT2D eigenvalue weighted by atomic mass is 10.1. The molecule has 4 rings (SSSR count). The first kappa shape index (κ1) is 24.5. The van der Waals surface area contributed by atoms with Crippen LogP contribution in [0.3, 0.4) is 0 Å². The van der Waals surface area contributed by atoms with Crippen LogP contribution in [0.4, 0.5) is 0 Å². The lowest BCUT2D eigenvalue weighted by Gasteiger charge is -2.29. The molecule has 3 aromatic rings. The van der Waals surface area contributed by atoms with E-state index in [4.69, 9.17) is 16.3 Å². The van der Waals surface area contributed by atoms with Crippen LogP contribution in [0, 0.1) is 6.92 Å². The monoisotopic (exact) mass is 496 g/mol. The molecule has 0 bridgehead atoms. The quantitative estimate of drug-likeness (QED) is 0.389. The number of thiophene rings is 1. The summed E-state index contributed by atoms with van der Waals surface area (Å²) in [6.45, 7) is 4.14. The maximum Gasteiger partial charge on any atom is 0.254 e. The molecule has 0 saturated carbocycles. The number of aryl methyl sites for hydroxylation is 1. The van der Waals surface area contributed by atoms with Crippen molar-refractivity contribution in [3.63, 3.8) is 0 Å². The van der Waals surface area contributed by atoms with Gasteiger partial charge in [-0.25, -0.2) is 0 Å². The number of rotatable bonds is 9. The summed E-state index contributed by atoms with van der Waals surface area (Å²) in [5.74, 6) is -0.276. The molecule has 0 spiro atoms. The molecule has 1 aliphatic rings. The van der Waals surface area contributed by atoms with E-state index in [2.05, 4.69) is 19.1 Å². The third-order valence-corrected chi connectivity index (χ3v) is 7.10. The molecule has 2 heterocycles. The van der Waals surface area contributed by atoms with Crippen molar-refractivity contribution in [1.82, 2.24) is 9.80 Å². The van der Waals surface area contributed by atoms with Crippen LogP contribution >= 0.6 is 22.9 Å². The van der Waals surface area contributed by atoms with Crippen molar-refractivity contribution < 1.29 is 14.3 Å². The average Bonchev–Trinajstić information content (AvgIpc) is 3.50. The van der Waals surface area contributed by atoms with Crippen LogP contribution in [0.2, 0.25) is 5.02 Å². The molecule has 1 atom stereocenters. The minimum atomic E-state index is -0.188. The third-order valence-electron chi connectivity index (χ3n) is 5.86. The molecule has 2 aromatic carbocycles. The highest BCUT2D eigenvalue weighted by atomic mass is 35.5. The minimum absolute atomic E-state index is 0.00148. The Morgan fingerprint density at radius 1 is 1.00 bits per heavy atom. The molecule has 1 saturated heterocycles. The molecule has 178 valence electrons. The summed E-state index contributed by atoms with van der Waals surface area (Å²) in [4.78, 5) is 32.8. The first-order chi connectivity index (χ1) is 16.5. The van der Waals surface area contributed by atoms with E-state index in [1.165, 1.54) is 4.88 Å². The van der Waals surface area contributed by atoms with Crippen molar-refractivity contribution in [3.8, 4) is 0 Å². The smallest absolute Gasteiger partial charge is 0.254 e. The number of amides is 2. The molecule has 1 aliphatic heterocycles. The molecular weight excluding hydrogens is 468 g/mol. The van der Waals surface area contributed by atoms with Gasteiger partial charge in [0.2, 0.25) is 5.91 Å². The van der Waals surface area contributed by atoms with E-state index in [0.717, 1.165) is 23.3 Å². The topological polar surface area (TPSA) is 49.9 Å². The maximum atomic E-state index is 13.6. The molecule has 5 nitrogen and oxygen atoms in total. The van der Waals surface area contributed by atoms with E-state index in [1.807, 2.05) is 35.2 Å². The van der Waals surface area contributed by atoms with Gasteiger partial charge < -0.3 is 14.5 Å². The number of halogens is 1. The van der Waals surface area contributed by atoms with Crippen LogP contribution in [0.1, 0.15) is 38.5 Å². The van der Waals surface area contributed by atoms with Gasteiger partial charge in [0.05, 0.1) is 12.6 Å². The predicted octanol–water partition coefficient (Wildman–Crippen LogP) is 5.56. The van der Waals surface area contributed by atoms with Gasteiger partial charge in [0.25, 0.3) is 5.91 Å². The summed E-state index contributed by atoms with van der Waals surface area (Å²) in [5.41, 5.74) is 1.57. The zero-order valence-electron chi connectivity index (χ0n) is 19.3. The van der Waals surface area contributed by atoms with Gasteiger partial charge in [-0.15, -0.1) is 11.3 Å². The third kappa shape index (κ3) is 6.69. The predicted molar refractivity (Wildman–Crippen MR) is 136 cm³/mol. The highest BCUT2D eigenvalue weighted by molar-refractivity contribution is 7.11. The van der Waals surface area contributed by atoms with Crippen LogP contribution in [0.15, 0.2) is 66.7 Å². The van der Waals surface area contributed by atoms with Crippen LogP contribution in [0.25, 0.3) is 0 Å². The fourth-order valence-electron chi connectivity index (χ4n) is 4.09. The lowest BCUT2D eigenvalue weighted by Crippen LogP contribution is -2.45. The summed E-state index contributed by atoms with van der Waals surface area (Å²) < 4.78 is 5.79. The Bertz CT molecular complexity index is 1090. The van der Waals surface area contributed by atoms with Crippen molar-refractivity contribution in [2.75, 3.05) is 19.7 Å². The van der Waals surface area contributed by atoms with Gasteiger partial charge in [-0.3, -0.25) is 9.59 Å². The lowest BCUT2D eigenvalue weighted by molar-refractivity contribution is -0.133. The van der Waals surface area contributed by atoms with Crippen molar-refractivity contribution >= 4 is 34.8 Å². The molecule has 7 heteroatoms. The van der Waals surface area contributed by atoms with Gasteiger partial charge in [0.15, 0.2) is 0 Å². The fraction of sp³-hybridized carbons (Fsp3) is 0.333. The van der Waals surface area contributed by atoms with Gasteiger partial charge in [-0.1, -0.05) is 41.9 Å². The highest BCUT2D eigenvalue weighted by Crippen LogP contribution is 2.20. The van der Waals surface area contributed by atoms with Gasteiger partial charge >= 0.3 is 0 Å². The normalized spacial score (nSPS) is 15.3. The summed E-state index contributed by atoms with van der Waals surface area (Å²) in [7, 11) is 0. The number of ether oxygens (including phenoxy) is 1. The number of hydrogen-bond acceptors (Lipinski definition) is 4. The number of nitrogens with zero attached hydrogens (tertiary/aromatic N) is 2. The Balaban J connectivity index is 1.54. The molecule has 1 aromatic heterocycles. The van der Waals surface area contributed by atoms with E-state index in [0.29, 0.717) is 36.8 Å². The van der Waals surface area contributed by atoms with E-state index in [9.17, 15) is 9.59 Å². The minimum Gasteiger partial charge on any atom is -0.376 e. The molecule has 0 radical (unpaired) electrons. The molecule has 34 heavy (non-hydrogen) atoms. The average molecular weight is 497 g/mol. The Morgan fingerprint density at radius 3 is 2.41 bits per heavy atom. The Morgan fingerprint density at radius 2 is 1.76 bits per heavy atom. The second-order valence-electron chi connectivity index (χ2n) is 8.58. The largest absolute Gasteiger partial charge is 0.376 e. The van der Waals surface area contributed by atoms with Crippen molar-refractivity contribution in [3.05, 3.63) is 92.6 Å². The van der Waals surface area contributed by atoms with Gasteiger partial charge in [0.1, 0.15) is 6.54 Å². The Kier molecular flexibility index (Phi) is 8.38. The first-order valence-electron chi connectivity index (χ1n) is 11.5. The van der Waals surface area contributed by atoms with Crippen LogP contribution in [-0.2, 0) is 22.6 Å². The maximum absolute atomic E-state index is 13.6. The van der Waals surface area contributed by atoms with Crippen LogP contribution in [0.5, 0.6) is 0 Å². The Hall–Kier alpha value is -2.67. The summed E-state index contributed by atoms with van der Waals surface area (Å²) in [6, 6.07) is 20.9. The SMILES string of the molecule is Cc1ccc(CN(Cc2ccccc2)C(=O)CN(CC2CCCO2)C(=O)c2ccc(Cl)cc2)s1. The van der Waals surface area contributed by atoms with Crippen molar-refractivity contribution in [2.45, 2.75) is 39.0 Å². The number of benzene rings is 2. The van der Waals surface area contributed by atoms with E-state index < -0.39 is 0 Å². The molecule has 1 fully saturated rings.